The molecule has 1 heterocycles. The number of benzene rings is 1. The summed E-state index contributed by atoms with van der Waals surface area (Å²) in [7, 11) is 0. The summed E-state index contributed by atoms with van der Waals surface area (Å²) in [5.41, 5.74) is 0.445. The Kier molecular flexibility index (Phi) is 3.43. The summed E-state index contributed by atoms with van der Waals surface area (Å²) in [5, 5.41) is 7.28. The van der Waals surface area contributed by atoms with E-state index < -0.39 is 0 Å². The summed E-state index contributed by atoms with van der Waals surface area (Å²) in [6.07, 6.45) is 0.325. The predicted molar refractivity (Wildman–Crippen MR) is 64.7 cm³/mol. The third kappa shape index (κ3) is 2.64. The molecule has 0 radical (unpaired) electrons. The van der Waals surface area contributed by atoms with E-state index in [1.807, 2.05) is 13.8 Å². The molecule has 1 aromatic carbocycles. The lowest BCUT2D eigenvalue weighted by molar-refractivity contribution is 0.612. The van der Waals surface area contributed by atoms with Crippen LogP contribution >= 0.6 is 11.6 Å². The molecule has 0 saturated heterocycles. The SMILES string of the molecule is CC(C)c1n[nH]c(Cc2c(F)cccc2Cl)n1. The zero-order valence-corrected chi connectivity index (χ0v) is 10.4. The molecular formula is C12H13ClFN3. The van der Waals surface area contributed by atoms with Crippen molar-refractivity contribution in [2.24, 2.45) is 0 Å². The van der Waals surface area contributed by atoms with Gasteiger partial charge in [-0.15, -0.1) is 0 Å². The van der Waals surface area contributed by atoms with E-state index in [-0.39, 0.29) is 11.7 Å². The van der Waals surface area contributed by atoms with Gasteiger partial charge >= 0.3 is 0 Å². The molecule has 5 heteroatoms. The van der Waals surface area contributed by atoms with Crippen LogP contribution < -0.4 is 0 Å². The van der Waals surface area contributed by atoms with E-state index in [0.717, 1.165) is 5.82 Å². The number of rotatable bonds is 3. The van der Waals surface area contributed by atoms with Gasteiger partial charge in [-0.1, -0.05) is 31.5 Å². The van der Waals surface area contributed by atoms with Gasteiger partial charge in [0.25, 0.3) is 0 Å². The first-order valence-corrected chi connectivity index (χ1v) is 5.79. The number of nitrogens with zero attached hydrogens (tertiary/aromatic N) is 2. The molecule has 17 heavy (non-hydrogen) atoms. The highest BCUT2D eigenvalue weighted by Gasteiger charge is 2.12. The highest BCUT2D eigenvalue weighted by molar-refractivity contribution is 6.31. The highest BCUT2D eigenvalue weighted by atomic mass is 35.5. The minimum atomic E-state index is -0.319. The van der Waals surface area contributed by atoms with Gasteiger partial charge < -0.3 is 0 Å². The third-order valence-electron chi connectivity index (χ3n) is 2.47. The van der Waals surface area contributed by atoms with Gasteiger partial charge in [-0.3, -0.25) is 5.10 Å². The Morgan fingerprint density at radius 1 is 1.41 bits per heavy atom. The molecule has 0 fully saturated rings. The normalized spacial score (nSPS) is 11.1. The molecule has 0 aliphatic rings. The molecule has 1 N–H and O–H groups in total. The Labute approximate surface area is 104 Å². The van der Waals surface area contributed by atoms with Crippen molar-refractivity contribution in [1.82, 2.24) is 15.2 Å². The third-order valence-corrected chi connectivity index (χ3v) is 2.83. The maximum atomic E-state index is 13.6. The van der Waals surface area contributed by atoms with Crippen molar-refractivity contribution in [3.63, 3.8) is 0 Å². The molecule has 0 amide bonds. The number of hydrogen-bond acceptors (Lipinski definition) is 2. The highest BCUT2D eigenvalue weighted by Crippen LogP contribution is 2.21. The van der Waals surface area contributed by atoms with Crippen molar-refractivity contribution in [3.05, 3.63) is 46.3 Å². The Morgan fingerprint density at radius 2 is 2.18 bits per heavy atom. The summed E-state index contributed by atoms with van der Waals surface area (Å²) in [4.78, 5) is 4.30. The van der Waals surface area contributed by atoms with Gasteiger partial charge in [0.2, 0.25) is 0 Å². The standard InChI is InChI=1S/C12H13ClFN3/c1-7(2)12-15-11(16-17-12)6-8-9(13)4-3-5-10(8)14/h3-5,7H,6H2,1-2H3,(H,15,16,17). The molecule has 0 atom stereocenters. The van der Waals surface area contributed by atoms with Crippen molar-refractivity contribution < 1.29 is 4.39 Å². The molecule has 0 bridgehead atoms. The van der Waals surface area contributed by atoms with Crippen LogP contribution in [0, 0.1) is 5.82 Å². The number of halogens is 2. The lowest BCUT2D eigenvalue weighted by Crippen LogP contribution is -1.96. The van der Waals surface area contributed by atoms with E-state index in [9.17, 15) is 4.39 Å². The minimum Gasteiger partial charge on any atom is -0.263 e. The topological polar surface area (TPSA) is 41.6 Å². The predicted octanol–water partition coefficient (Wildman–Crippen LogP) is 3.31. The van der Waals surface area contributed by atoms with Crippen molar-refractivity contribution in [2.75, 3.05) is 0 Å². The van der Waals surface area contributed by atoms with Crippen LogP contribution in [0.4, 0.5) is 4.39 Å². The molecule has 0 saturated carbocycles. The average molecular weight is 254 g/mol. The first-order valence-electron chi connectivity index (χ1n) is 5.42. The Bertz CT molecular complexity index is 502. The van der Waals surface area contributed by atoms with Crippen molar-refractivity contribution in [3.8, 4) is 0 Å². The van der Waals surface area contributed by atoms with Crippen molar-refractivity contribution >= 4 is 11.6 Å². The quantitative estimate of drug-likeness (QED) is 0.912. The van der Waals surface area contributed by atoms with Crippen LogP contribution in [0.15, 0.2) is 18.2 Å². The lowest BCUT2D eigenvalue weighted by Gasteiger charge is -2.02. The molecule has 1 aromatic heterocycles. The maximum Gasteiger partial charge on any atom is 0.153 e. The summed E-state index contributed by atoms with van der Waals surface area (Å²) >= 11 is 5.95. The van der Waals surface area contributed by atoms with Gasteiger partial charge in [-0.25, -0.2) is 9.37 Å². The Balaban J connectivity index is 2.25. The van der Waals surface area contributed by atoms with Gasteiger partial charge in [-0.2, -0.15) is 5.10 Å². The summed E-state index contributed by atoms with van der Waals surface area (Å²) < 4.78 is 13.6. The summed E-state index contributed by atoms with van der Waals surface area (Å²) in [6.45, 7) is 4.01. The fourth-order valence-corrected chi connectivity index (χ4v) is 1.75. The number of nitrogens with one attached hydrogen (secondary N) is 1. The van der Waals surface area contributed by atoms with Crippen LogP contribution in [0.3, 0.4) is 0 Å². The van der Waals surface area contributed by atoms with Crippen LogP contribution in [0.5, 0.6) is 0 Å². The van der Waals surface area contributed by atoms with Crippen molar-refractivity contribution in [2.45, 2.75) is 26.2 Å². The van der Waals surface area contributed by atoms with Crippen LogP contribution in [0.2, 0.25) is 5.02 Å². The molecular weight excluding hydrogens is 241 g/mol. The van der Waals surface area contributed by atoms with E-state index >= 15 is 0 Å². The van der Waals surface area contributed by atoms with Gasteiger partial charge in [-0.05, 0) is 12.1 Å². The zero-order chi connectivity index (χ0) is 12.4. The lowest BCUT2D eigenvalue weighted by atomic mass is 10.1. The van der Waals surface area contributed by atoms with Crippen LogP contribution in [0.25, 0.3) is 0 Å². The molecule has 2 rings (SSSR count). The molecule has 2 aromatic rings. The molecule has 0 aliphatic carbocycles. The first-order chi connectivity index (χ1) is 8.08. The second-order valence-electron chi connectivity index (χ2n) is 4.17. The van der Waals surface area contributed by atoms with E-state index in [2.05, 4.69) is 15.2 Å². The van der Waals surface area contributed by atoms with E-state index in [1.54, 1.807) is 12.1 Å². The molecule has 3 nitrogen and oxygen atoms in total. The van der Waals surface area contributed by atoms with Gasteiger partial charge in [0, 0.05) is 22.9 Å². The van der Waals surface area contributed by atoms with Crippen LogP contribution in [0.1, 0.15) is 37.0 Å². The largest absolute Gasteiger partial charge is 0.263 e. The molecule has 0 unspecified atom stereocenters. The fraction of sp³-hybridized carbons (Fsp3) is 0.333. The monoisotopic (exact) mass is 253 g/mol. The van der Waals surface area contributed by atoms with Crippen LogP contribution in [-0.4, -0.2) is 15.2 Å². The Morgan fingerprint density at radius 3 is 2.76 bits per heavy atom. The van der Waals surface area contributed by atoms with Crippen LogP contribution in [-0.2, 0) is 6.42 Å². The second-order valence-corrected chi connectivity index (χ2v) is 4.58. The first kappa shape index (κ1) is 12.0. The number of H-pyrrole nitrogens is 1. The van der Waals surface area contributed by atoms with E-state index in [1.165, 1.54) is 6.07 Å². The van der Waals surface area contributed by atoms with Gasteiger partial charge in [0.1, 0.15) is 11.6 Å². The summed E-state index contributed by atoms with van der Waals surface area (Å²) in [6, 6.07) is 4.64. The molecule has 90 valence electrons. The Hall–Kier alpha value is -1.42. The van der Waals surface area contributed by atoms with E-state index in [0.29, 0.717) is 22.8 Å². The average Bonchev–Trinajstić information content (AvgIpc) is 2.72. The summed E-state index contributed by atoms with van der Waals surface area (Å²) in [5.74, 6) is 1.28. The second kappa shape index (κ2) is 4.84. The minimum absolute atomic E-state index is 0.246. The maximum absolute atomic E-state index is 13.6. The molecule has 0 aliphatic heterocycles. The smallest absolute Gasteiger partial charge is 0.153 e. The fourth-order valence-electron chi connectivity index (χ4n) is 1.52. The van der Waals surface area contributed by atoms with E-state index in [4.69, 9.17) is 11.6 Å². The zero-order valence-electron chi connectivity index (χ0n) is 9.67. The number of aromatic nitrogens is 3. The molecule has 0 spiro atoms. The van der Waals surface area contributed by atoms with Crippen molar-refractivity contribution in [1.29, 1.82) is 0 Å². The number of hydrogen-bond donors (Lipinski definition) is 1. The van der Waals surface area contributed by atoms with Gasteiger partial charge in [0.05, 0.1) is 0 Å². The van der Waals surface area contributed by atoms with Gasteiger partial charge in [0.15, 0.2) is 5.82 Å². The number of aromatic amines is 1.